The molecule has 0 radical (unpaired) electrons. The number of amides is 1. The number of hydrogen-bond donors (Lipinski definition) is 2. The molecule has 0 spiro atoms. The summed E-state index contributed by atoms with van der Waals surface area (Å²) < 4.78 is 12.9. The van der Waals surface area contributed by atoms with Gasteiger partial charge in [-0.15, -0.1) is 12.4 Å². The van der Waals surface area contributed by atoms with Crippen molar-refractivity contribution in [2.45, 2.75) is 19.3 Å². The number of nitrogens with one attached hydrogen (secondary N) is 2. The third kappa shape index (κ3) is 3.91. The van der Waals surface area contributed by atoms with Gasteiger partial charge in [-0.2, -0.15) is 0 Å². The second kappa shape index (κ2) is 6.35. The maximum Gasteiger partial charge on any atom is 0.225 e. The highest BCUT2D eigenvalue weighted by Gasteiger charge is 2.27. The molecule has 0 aromatic heterocycles. The first kappa shape index (κ1) is 15.9. The Morgan fingerprint density at radius 3 is 2.42 bits per heavy atom. The van der Waals surface area contributed by atoms with E-state index < -0.39 is 0 Å². The van der Waals surface area contributed by atoms with Crippen molar-refractivity contribution in [3.05, 3.63) is 35.6 Å². The van der Waals surface area contributed by atoms with Crippen LogP contribution < -0.4 is 10.6 Å². The highest BCUT2D eigenvalue weighted by molar-refractivity contribution is 5.85. The summed E-state index contributed by atoms with van der Waals surface area (Å²) in [6.07, 6.45) is 0. The van der Waals surface area contributed by atoms with E-state index >= 15 is 0 Å². The van der Waals surface area contributed by atoms with Gasteiger partial charge in [0.2, 0.25) is 5.91 Å². The topological polar surface area (TPSA) is 41.1 Å². The first-order chi connectivity index (χ1) is 8.49. The maximum atomic E-state index is 12.9. The van der Waals surface area contributed by atoms with Gasteiger partial charge in [-0.3, -0.25) is 4.79 Å². The van der Waals surface area contributed by atoms with Crippen LogP contribution in [0.25, 0.3) is 0 Å². The van der Waals surface area contributed by atoms with E-state index in [0.717, 1.165) is 18.7 Å². The summed E-state index contributed by atoms with van der Waals surface area (Å²) in [6, 6.07) is 6.45. The lowest BCUT2D eigenvalue weighted by Crippen LogP contribution is -2.52. The fourth-order valence-electron chi connectivity index (χ4n) is 1.93. The minimum atomic E-state index is -0.237. The van der Waals surface area contributed by atoms with E-state index in [1.165, 1.54) is 12.1 Å². The SMILES string of the molecule is CC(C)(CNC(=O)C1CNC1)c1ccc(F)cc1.Cl. The Morgan fingerprint density at radius 2 is 1.95 bits per heavy atom. The fraction of sp³-hybridized carbons (Fsp3) is 0.500. The molecular weight excluding hydrogens is 267 g/mol. The minimum absolute atomic E-state index is 0. The molecule has 19 heavy (non-hydrogen) atoms. The highest BCUT2D eigenvalue weighted by atomic mass is 35.5. The number of halogens is 2. The van der Waals surface area contributed by atoms with E-state index in [0.29, 0.717) is 6.54 Å². The summed E-state index contributed by atoms with van der Waals surface area (Å²) in [4.78, 5) is 11.7. The van der Waals surface area contributed by atoms with E-state index in [1.807, 2.05) is 13.8 Å². The van der Waals surface area contributed by atoms with Gasteiger partial charge < -0.3 is 10.6 Å². The summed E-state index contributed by atoms with van der Waals surface area (Å²) >= 11 is 0. The molecule has 1 aromatic rings. The first-order valence-corrected chi connectivity index (χ1v) is 6.23. The van der Waals surface area contributed by atoms with Gasteiger partial charge in [0.1, 0.15) is 5.82 Å². The number of hydrogen-bond acceptors (Lipinski definition) is 2. The molecule has 2 rings (SSSR count). The van der Waals surface area contributed by atoms with Crippen molar-refractivity contribution in [3.8, 4) is 0 Å². The average Bonchev–Trinajstić information content (AvgIpc) is 2.25. The van der Waals surface area contributed by atoms with Crippen molar-refractivity contribution < 1.29 is 9.18 Å². The lowest BCUT2D eigenvalue weighted by atomic mass is 9.84. The van der Waals surface area contributed by atoms with Gasteiger partial charge in [0.05, 0.1) is 5.92 Å². The van der Waals surface area contributed by atoms with Crippen LogP contribution in [0, 0.1) is 11.7 Å². The van der Waals surface area contributed by atoms with Crippen LogP contribution in [0.15, 0.2) is 24.3 Å². The molecule has 0 atom stereocenters. The lowest BCUT2D eigenvalue weighted by molar-refractivity contribution is -0.126. The normalized spacial score (nSPS) is 15.3. The number of carbonyl (C=O) groups is 1. The van der Waals surface area contributed by atoms with Gasteiger partial charge in [0.25, 0.3) is 0 Å². The second-order valence-corrected chi connectivity index (χ2v) is 5.46. The molecule has 2 N–H and O–H groups in total. The molecule has 1 fully saturated rings. The van der Waals surface area contributed by atoms with Crippen molar-refractivity contribution >= 4 is 18.3 Å². The smallest absolute Gasteiger partial charge is 0.225 e. The van der Waals surface area contributed by atoms with Gasteiger partial charge in [0.15, 0.2) is 0 Å². The van der Waals surface area contributed by atoms with Crippen LogP contribution in [0.5, 0.6) is 0 Å². The van der Waals surface area contributed by atoms with Crippen molar-refractivity contribution in [1.82, 2.24) is 10.6 Å². The molecule has 1 amide bonds. The summed E-state index contributed by atoms with van der Waals surface area (Å²) in [5.74, 6) is -0.0305. The van der Waals surface area contributed by atoms with Crippen LogP contribution in [0.4, 0.5) is 4.39 Å². The largest absolute Gasteiger partial charge is 0.355 e. The van der Waals surface area contributed by atoms with Crippen molar-refractivity contribution in [3.63, 3.8) is 0 Å². The lowest BCUT2D eigenvalue weighted by Gasteiger charge is -2.30. The Labute approximate surface area is 119 Å². The van der Waals surface area contributed by atoms with E-state index in [2.05, 4.69) is 10.6 Å². The monoisotopic (exact) mass is 286 g/mol. The Hall–Kier alpha value is -1.13. The van der Waals surface area contributed by atoms with E-state index in [4.69, 9.17) is 0 Å². The average molecular weight is 287 g/mol. The van der Waals surface area contributed by atoms with Crippen LogP contribution in [0.2, 0.25) is 0 Å². The van der Waals surface area contributed by atoms with Gasteiger partial charge in [0, 0.05) is 25.0 Å². The number of rotatable bonds is 4. The van der Waals surface area contributed by atoms with E-state index in [-0.39, 0.29) is 35.5 Å². The van der Waals surface area contributed by atoms with Crippen LogP contribution >= 0.6 is 12.4 Å². The standard InChI is InChI=1S/C14H19FN2O.ClH/c1-14(2,11-3-5-12(15)6-4-11)9-17-13(18)10-7-16-8-10;/h3-6,10,16H,7-9H2,1-2H3,(H,17,18);1H. The fourth-order valence-corrected chi connectivity index (χ4v) is 1.93. The molecule has 0 bridgehead atoms. The Balaban J connectivity index is 0.00000180. The molecule has 0 saturated carbocycles. The Morgan fingerprint density at radius 1 is 1.37 bits per heavy atom. The molecule has 0 aliphatic carbocycles. The summed E-state index contributed by atoms with van der Waals surface area (Å²) in [6.45, 7) is 6.18. The van der Waals surface area contributed by atoms with Crippen LogP contribution in [0.1, 0.15) is 19.4 Å². The molecule has 5 heteroatoms. The zero-order chi connectivity index (χ0) is 13.2. The van der Waals surface area contributed by atoms with Gasteiger partial charge in [-0.05, 0) is 17.7 Å². The van der Waals surface area contributed by atoms with Crippen molar-refractivity contribution in [2.24, 2.45) is 5.92 Å². The molecular formula is C14H20ClFN2O. The van der Waals surface area contributed by atoms with Crippen LogP contribution in [-0.4, -0.2) is 25.5 Å². The molecule has 3 nitrogen and oxygen atoms in total. The van der Waals surface area contributed by atoms with Crippen molar-refractivity contribution in [1.29, 1.82) is 0 Å². The Bertz CT molecular complexity index is 430. The van der Waals surface area contributed by atoms with Crippen LogP contribution in [0.3, 0.4) is 0 Å². The summed E-state index contributed by atoms with van der Waals surface area (Å²) in [7, 11) is 0. The third-order valence-corrected chi connectivity index (χ3v) is 3.48. The Kier molecular flexibility index (Phi) is 5.32. The zero-order valence-electron chi connectivity index (χ0n) is 11.2. The van der Waals surface area contributed by atoms with E-state index in [1.54, 1.807) is 12.1 Å². The van der Waals surface area contributed by atoms with Gasteiger partial charge in [-0.1, -0.05) is 26.0 Å². The highest BCUT2D eigenvalue weighted by Crippen LogP contribution is 2.22. The second-order valence-electron chi connectivity index (χ2n) is 5.46. The quantitative estimate of drug-likeness (QED) is 0.887. The summed E-state index contributed by atoms with van der Waals surface area (Å²) in [5, 5.41) is 6.04. The first-order valence-electron chi connectivity index (χ1n) is 6.23. The molecule has 1 aliphatic heterocycles. The van der Waals surface area contributed by atoms with Gasteiger partial charge >= 0.3 is 0 Å². The molecule has 1 aliphatic rings. The van der Waals surface area contributed by atoms with E-state index in [9.17, 15) is 9.18 Å². The molecule has 1 aromatic carbocycles. The molecule has 106 valence electrons. The molecule has 1 saturated heterocycles. The predicted octanol–water partition coefficient (Wildman–Crippen LogP) is 1.86. The van der Waals surface area contributed by atoms with Gasteiger partial charge in [-0.25, -0.2) is 4.39 Å². The van der Waals surface area contributed by atoms with Crippen LogP contribution in [-0.2, 0) is 10.2 Å². The van der Waals surface area contributed by atoms with Crippen molar-refractivity contribution in [2.75, 3.05) is 19.6 Å². The molecule has 1 heterocycles. The summed E-state index contributed by atoms with van der Waals surface area (Å²) in [5.41, 5.74) is 0.830. The number of benzene rings is 1. The minimum Gasteiger partial charge on any atom is -0.355 e. The maximum absolute atomic E-state index is 12.9. The zero-order valence-corrected chi connectivity index (χ0v) is 12.0. The predicted molar refractivity (Wildman–Crippen MR) is 76.0 cm³/mol. The number of carbonyl (C=O) groups excluding carboxylic acids is 1. The molecule has 0 unspecified atom stereocenters. The third-order valence-electron chi connectivity index (χ3n) is 3.48.